The van der Waals surface area contributed by atoms with Gasteiger partial charge in [-0.2, -0.15) is 0 Å². The van der Waals surface area contributed by atoms with E-state index in [4.69, 9.17) is 21.1 Å². The van der Waals surface area contributed by atoms with E-state index < -0.39 is 12.1 Å². The van der Waals surface area contributed by atoms with Crippen molar-refractivity contribution >= 4 is 45.6 Å². The molecule has 0 aliphatic heterocycles. The molecule has 1 heterocycles. The third-order valence-corrected chi connectivity index (χ3v) is 5.56. The van der Waals surface area contributed by atoms with E-state index in [1.165, 1.54) is 23.8 Å². The van der Waals surface area contributed by atoms with Crippen molar-refractivity contribution < 1.29 is 19.1 Å². The number of hydrogen-bond acceptors (Lipinski definition) is 6. The van der Waals surface area contributed by atoms with Crippen LogP contribution in [0.2, 0.25) is 5.02 Å². The summed E-state index contributed by atoms with van der Waals surface area (Å²) in [6, 6.07) is 14.6. The second kappa shape index (κ2) is 10.4. The Bertz CT molecular complexity index is 1050. The highest BCUT2D eigenvalue weighted by molar-refractivity contribution is 7.14. The average Bonchev–Trinajstić information content (AvgIpc) is 3.20. The molecule has 1 aromatic heterocycles. The molecule has 31 heavy (non-hydrogen) atoms. The van der Waals surface area contributed by atoms with Gasteiger partial charge in [-0.1, -0.05) is 36.7 Å². The lowest BCUT2D eigenvalue weighted by molar-refractivity contribution is -0.152. The second-order valence-corrected chi connectivity index (χ2v) is 8.09. The van der Waals surface area contributed by atoms with E-state index in [0.29, 0.717) is 21.6 Å². The van der Waals surface area contributed by atoms with Crippen LogP contribution >= 0.6 is 22.9 Å². The molecule has 6 nitrogen and oxygen atoms in total. The molecule has 2 aromatic carbocycles. The number of aryl methyl sites for hydroxylation is 1. The van der Waals surface area contributed by atoms with Gasteiger partial charge in [-0.05, 0) is 49.2 Å². The fourth-order valence-corrected chi connectivity index (χ4v) is 3.88. The fraction of sp³-hybridized carbons (Fsp3) is 0.261. The van der Waals surface area contributed by atoms with Gasteiger partial charge in [0.15, 0.2) is 11.2 Å². The highest BCUT2D eigenvalue weighted by atomic mass is 35.5. The van der Waals surface area contributed by atoms with Crippen molar-refractivity contribution in [1.82, 2.24) is 4.98 Å². The van der Waals surface area contributed by atoms with Gasteiger partial charge in [0.1, 0.15) is 12.4 Å². The molecule has 0 bridgehead atoms. The van der Waals surface area contributed by atoms with E-state index in [-0.39, 0.29) is 12.5 Å². The quantitative estimate of drug-likeness (QED) is 0.413. The first-order valence-electron chi connectivity index (χ1n) is 9.80. The number of amides is 1. The minimum absolute atomic E-state index is 0.0148. The number of rotatable bonds is 8. The van der Waals surface area contributed by atoms with Crippen LogP contribution in [0.5, 0.6) is 5.75 Å². The largest absolute Gasteiger partial charge is 0.479 e. The topological polar surface area (TPSA) is 68.7 Å². The van der Waals surface area contributed by atoms with Gasteiger partial charge in [0.25, 0.3) is 0 Å². The number of halogens is 1. The summed E-state index contributed by atoms with van der Waals surface area (Å²) in [4.78, 5) is 30.5. The number of esters is 1. The van der Waals surface area contributed by atoms with Gasteiger partial charge < -0.3 is 9.47 Å². The zero-order valence-corrected chi connectivity index (χ0v) is 19.1. The molecule has 0 fully saturated rings. The fourth-order valence-electron chi connectivity index (χ4n) is 2.83. The Morgan fingerprint density at radius 2 is 1.94 bits per heavy atom. The van der Waals surface area contributed by atoms with Gasteiger partial charge in [-0.15, -0.1) is 11.3 Å². The Morgan fingerprint density at radius 1 is 1.19 bits per heavy atom. The summed E-state index contributed by atoms with van der Waals surface area (Å²) in [7, 11) is 0. The summed E-state index contributed by atoms with van der Waals surface area (Å²) in [5.41, 5.74) is 2.49. The SMILES string of the molecule is CCc1ccc(N(C(C)=O)c2nc(COC(=O)C(C)Oc3cccc(Cl)c3)cs2)cc1. The van der Waals surface area contributed by atoms with Crippen LogP contribution in [0.3, 0.4) is 0 Å². The summed E-state index contributed by atoms with van der Waals surface area (Å²) in [5.74, 6) is -0.183. The zero-order valence-electron chi connectivity index (χ0n) is 17.5. The number of carbonyl (C=O) groups excluding carboxylic acids is 2. The lowest BCUT2D eigenvalue weighted by Crippen LogP contribution is -2.26. The van der Waals surface area contributed by atoms with E-state index in [1.807, 2.05) is 24.3 Å². The summed E-state index contributed by atoms with van der Waals surface area (Å²) < 4.78 is 10.9. The van der Waals surface area contributed by atoms with Crippen molar-refractivity contribution in [3.8, 4) is 5.75 Å². The molecule has 0 saturated carbocycles. The number of ether oxygens (including phenoxy) is 2. The third kappa shape index (κ3) is 6.06. The Balaban J connectivity index is 1.62. The molecule has 0 radical (unpaired) electrons. The van der Waals surface area contributed by atoms with Crippen LogP contribution in [0, 0.1) is 0 Å². The maximum atomic E-state index is 12.3. The molecular formula is C23H23ClN2O4S. The number of anilines is 2. The van der Waals surface area contributed by atoms with Gasteiger partial charge in [-0.3, -0.25) is 9.69 Å². The number of carbonyl (C=O) groups is 2. The van der Waals surface area contributed by atoms with Crippen LogP contribution in [-0.2, 0) is 27.4 Å². The summed E-state index contributed by atoms with van der Waals surface area (Å²) in [6.45, 7) is 5.16. The van der Waals surface area contributed by atoms with Crippen molar-refractivity contribution in [3.05, 3.63) is 70.2 Å². The minimum atomic E-state index is -0.803. The van der Waals surface area contributed by atoms with E-state index >= 15 is 0 Å². The second-order valence-electron chi connectivity index (χ2n) is 6.82. The molecule has 0 aliphatic carbocycles. The normalized spacial score (nSPS) is 11.6. The summed E-state index contributed by atoms with van der Waals surface area (Å²) in [6.07, 6.45) is 0.120. The van der Waals surface area contributed by atoms with E-state index in [9.17, 15) is 9.59 Å². The summed E-state index contributed by atoms with van der Waals surface area (Å²) in [5, 5.41) is 2.81. The Kier molecular flexibility index (Phi) is 7.65. The molecule has 0 saturated heterocycles. The van der Waals surface area contributed by atoms with E-state index in [1.54, 1.807) is 41.5 Å². The number of thiazole rings is 1. The lowest BCUT2D eigenvalue weighted by Gasteiger charge is -2.18. The van der Waals surface area contributed by atoms with Crippen molar-refractivity contribution in [2.75, 3.05) is 4.90 Å². The van der Waals surface area contributed by atoms with Gasteiger partial charge in [0, 0.05) is 17.3 Å². The van der Waals surface area contributed by atoms with Crippen molar-refractivity contribution in [1.29, 1.82) is 0 Å². The maximum absolute atomic E-state index is 12.3. The average molecular weight is 459 g/mol. The van der Waals surface area contributed by atoms with Crippen LogP contribution in [0.1, 0.15) is 32.0 Å². The molecule has 162 valence electrons. The molecule has 0 spiro atoms. The maximum Gasteiger partial charge on any atom is 0.347 e. The van der Waals surface area contributed by atoms with E-state index in [2.05, 4.69) is 11.9 Å². The number of aromatic nitrogens is 1. The van der Waals surface area contributed by atoms with Crippen LogP contribution < -0.4 is 9.64 Å². The van der Waals surface area contributed by atoms with Crippen molar-refractivity contribution in [2.24, 2.45) is 0 Å². The molecular weight excluding hydrogens is 436 g/mol. The summed E-state index contributed by atoms with van der Waals surface area (Å²) >= 11 is 7.24. The first-order chi connectivity index (χ1) is 14.9. The molecule has 0 aliphatic rings. The smallest absolute Gasteiger partial charge is 0.347 e. The van der Waals surface area contributed by atoms with E-state index in [0.717, 1.165) is 12.1 Å². The standard InChI is InChI=1S/C23H23ClN2O4S/c1-4-17-8-10-20(11-9-17)26(16(3)27)23-25-19(14-31-23)13-29-22(28)15(2)30-21-7-5-6-18(24)12-21/h5-12,14-15H,4,13H2,1-3H3. The van der Waals surface area contributed by atoms with Crippen molar-refractivity contribution in [3.63, 3.8) is 0 Å². The molecule has 3 rings (SSSR count). The van der Waals surface area contributed by atoms with Crippen LogP contribution in [0.4, 0.5) is 10.8 Å². The number of hydrogen-bond donors (Lipinski definition) is 0. The predicted molar refractivity (Wildman–Crippen MR) is 122 cm³/mol. The predicted octanol–water partition coefficient (Wildman–Crippen LogP) is 5.55. The lowest BCUT2D eigenvalue weighted by atomic mass is 10.1. The van der Waals surface area contributed by atoms with Crippen LogP contribution in [0.25, 0.3) is 0 Å². The Morgan fingerprint density at radius 3 is 2.58 bits per heavy atom. The van der Waals surface area contributed by atoms with Crippen LogP contribution in [0.15, 0.2) is 53.9 Å². The highest BCUT2D eigenvalue weighted by Gasteiger charge is 2.20. The number of nitrogens with zero attached hydrogens (tertiary/aromatic N) is 2. The zero-order chi connectivity index (χ0) is 22.4. The molecule has 3 aromatic rings. The monoisotopic (exact) mass is 458 g/mol. The van der Waals surface area contributed by atoms with Crippen LogP contribution in [-0.4, -0.2) is 23.0 Å². The molecule has 0 N–H and O–H groups in total. The number of benzene rings is 2. The first-order valence-corrected chi connectivity index (χ1v) is 11.1. The minimum Gasteiger partial charge on any atom is -0.479 e. The van der Waals surface area contributed by atoms with Gasteiger partial charge >= 0.3 is 5.97 Å². The van der Waals surface area contributed by atoms with Crippen molar-refractivity contribution in [2.45, 2.75) is 39.9 Å². The third-order valence-electron chi connectivity index (χ3n) is 4.45. The molecule has 1 atom stereocenters. The highest BCUT2D eigenvalue weighted by Crippen LogP contribution is 2.29. The molecule has 1 unspecified atom stereocenters. The van der Waals surface area contributed by atoms with Gasteiger partial charge in [-0.25, -0.2) is 9.78 Å². The molecule has 8 heteroatoms. The van der Waals surface area contributed by atoms with Gasteiger partial charge in [0.05, 0.1) is 11.4 Å². The Hall–Kier alpha value is -2.90. The Labute approximate surface area is 190 Å². The first kappa shape index (κ1) is 22.8. The van der Waals surface area contributed by atoms with Gasteiger partial charge in [0.2, 0.25) is 5.91 Å². The molecule has 1 amide bonds.